The molecule has 0 atom stereocenters. The Morgan fingerprint density at radius 1 is 1.09 bits per heavy atom. The van der Waals surface area contributed by atoms with E-state index >= 15 is 0 Å². The third-order valence-corrected chi connectivity index (χ3v) is 3.98. The van der Waals surface area contributed by atoms with Crippen molar-refractivity contribution in [2.24, 2.45) is 0 Å². The molecule has 0 fully saturated rings. The Kier molecular flexibility index (Phi) is 4.08. The Morgan fingerprint density at radius 2 is 1.82 bits per heavy atom. The molecule has 0 N–H and O–H groups in total. The highest BCUT2D eigenvalue weighted by atomic mass is 32.1. The topological polar surface area (TPSA) is 36.7 Å². The van der Waals surface area contributed by atoms with Gasteiger partial charge in [-0.1, -0.05) is 30.3 Å². The van der Waals surface area contributed by atoms with Crippen LogP contribution < -0.4 is 0 Å². The van der Waals surface area contributed by atoms with Crippen LogP contribution in [0.15, 0.2) is 60.0 Å². The van der Waals surface area contributed by atoms with Gasteiger partial charge in [0.1, 0.15) is 16.9 Å². The fourth-order valence-electron chi connectivity index (χ4n) is 2.01. The predicted molar refractivity (Wildman–Crippen MR) is 87.4 cm³/mol. The summed E-state index contributed by atoms with van der Waals surface area (Å²) >= 11 is 1.40. The molecule has 22 heavy (non-hydrogen) atoms. The van der Waals surface area contributed by atoms with Gasteiger partial charge >= 0.3 is 0 Å². The Labute approximate surface area is 131 Å². The van der Waals surface area contributed by atoms with Gasteiger partial charge in [0.05, 0.1) is 11.3 Å². The predicted octanol–water partition coefficient (Wildman–Crippen LogP) is 5.01. The molecule has 0 amide bonds. The number of allylic oxidation sites excluding steroid dienone is 1. The summed E-state index contributed by atoms with van der Waals surface area (Å²) in [5.74, 6) is -0.277. The number of halogens is 1. The lowest BCUT2D eigenvalue weighted by atomic mass is 10.1. The molecule has 3 aromatic rings. The molecule has 0 radical (unpaired) electrons. The molecule has 0 unspecified atom stereocenters. The lowest BCUT2D eigenvalue weighted by Gasteiger charge is -1.96. The number of thiazole rings is 1. The highest BCUT2D eigenvalue weighted by Gasteiger charge is 2.09. The molecule has 1 heterocycles. The normalized spacial score (nSPS) is 11.2. The summed E-state index contributed by atoms with van der Waals surface area (Å²) in [6.07, 6.45) is 1.81. The van der Waals surface area contributed by atoms with Gasteiger partial charge < -0.3 is 0 Å². The van der Waals surface area contributed by atoms with E-state index in [0.717, 1.165) is 16.8 Å². The van der Waals surface area contributed by atoms with Crippen LogP contribution in [0.3, 0.4) is 0 Å². The van der Waals surface area contributed by atoms with Crippen LogP contribution >= 0.6 is 11.3 Å². The van der Waals surface area contributed by atoms with E-state index in [-0.39, 0.29) is 5.82 Å². The summed E-state index contributed by atoms with van der Waals surface area (Å²) in [6.45, 7) is 0. The smallest absolute Gasteiger partial charge is 0.134 e. The van der Waals surface area contributed by atoms with Gasteiger partial charge in [0.2, 0.25) is 0 Å². The first-order valence-electron chi connectivity index (χ1n) is 6.65. The fraction of sp³-hybridized carbons (Fsp3) is 0. The first kappa shape index (κ1) is 14.2. The zero-order valence-electron chi connectivity index (χ0n) is 11.5. The van der Waals surface area contributed by atoms with E-state index < -0.39 is 0 Å². The van der Waals surface area contributed by atoms with Crippen molar-refractivity contribution in [1.29, 1.82) is 5.26 Å². The third kappa shape index (κ3) is 3.11. The zero-order valence-corrected chi connectivity index (χ0v) is 12.3. The van der Waals surface area contributed by atoms with Gasteiger partial charge in [-0.05, 0) is 35.9 Å². The molecule has 0 aliphatic rings. The van der Waals surface area contributed by atoms with Gasteiger partial charge in [-0.25, -0.2) is 9.37 Å². The minimum absolute atomic E-state index is 0.277. The Bertz CT molecular complexity index is 843. The van der Waals surface area contributed by atoms with E-state index in [2.05, 4.69) is 11.1 Å². The molecule has 0 saturated heterocycles. The van der Waals surface area contributed by atoms with Gasteiger partial charge in [0.15, 0.2) is 0 Å². The van der Waals surface area contributed by atoms with Gasteiger partial charge in [0, 0.05) is 10.9 Å². The molecule has 0 aliphatic heterocycles. The number of aromatic nitrogens is 1. The highest BCUT2D eigenvalue weighted by Crippen LogP contribution is 2.27. The molecule has 0 aliphatic carbocycles. The van der Waals surface area contributed by atoms with Crippen LogP contribution in [0.2, 0.25) is 0 Å². The first-order chi connectivity index (χ1) is 10.8. The van der Waals surface area contributed by atoms with E-state index in [4.69, 9.17) is 0 Å². The molecular formula is C18H11FN2S. The van der Waals surface area contributed by atoms with E-state index in [9.17, 15) is 9.65 Å². The van der Waals surface area contributed by atoms with Crippen LogP contribution in [0.4, 0.5) is 4.39 Å². The number of rotatable bonds is 3. The van der Waals surface area contributed by atoms with Crippen molar-refractivity contribution in [1.82, 2.24) is 4.98 Å². The van der Waals surface area contributed by atoms with E-state index in [1.54, 1.807) is 12.1 Å². The summed E-state index contributed by atoms with van der Waals surface area (Å²) in [4.78, 5) is 4.48. The summed E-state index contributed by atoms with van der Waals surface area (Å²) in [5.41, 5.74) is 3.05. The number of hydrogen-bond donors (Lipinski definition) is 0. The average molecular weight is 306 g/mol. The maximum Gasteiger partial charge on any atom is 0.134 e. The zero-order chi connectivity index (χ0) is 15.4. The van der Waals surface area contributed by atoms with Crippen LogP contribution in [0.25, 0.3) is 22.9 Å². The Morgan fingerprint density at radius 3 is 2.50 bits per heavy atom. The lowest BCUT2D eigenvalue weighted by Crippen LogP contribution is -1.83. The number of nitrogens with zero attached hydrogens (tertiary/aromatic N) is 2. The monoisotopic (exact) mass is 306 g/mol. The number of benzene rings is 2. The van der Waals surface area contributed by atoms with Crippen molar-refractivity contribution in [3.8, 4) is 17.3 Å². The quantitative estimate of drug-likeness (QED) is 0.637. The molecule has 106 valence electrons. The van der Waals surface area contributed by atoms with Crippen molar-refractivity contribution < 1.29 is 4.39 Å². The Balaban J connectivity index is 1.94. The first-order valence-corrected chi connectivity index (χ1v) is 7.53. The van der Waals surface area contributed by atoms with Gasteiger partial charge in [-0.15, -0.1) is 11.3 Å². The minimum Gasteiger partial charge on any atom is -0.235 e. The van der Waals surface area contributed by atoms with E-state index in [0.29, 0.717) is 10.6 Å². The highest BCUT2D eigenvalue weighted by molar-refractivity contribution is 7.11. The molecule has 0 spiro atoms. The van der Waals surface area contributed by atoms with Crippen LogP contribution in [-0.2, 0) is 0 Å². The van der Waals surface area contributed by atoms with Crippen molar-refractivity contribution in [3.05, 3.63) is 76.4 Å². The molecule has 3 rings (SSSR count). The SMILES string of the molecule is N#CC(=Cc1ccccc1)c1nc(-c2ccc(F)cc2)cs1. The summed E-state index contributed by atoms with van der Waals surface area (Å²) < 4.78 is 13.0. The third-order valence-electron chi connectivity index (χ3n) is 3.11. The molecule has 4 heteroatoms. The Hall–Kier alpha value is -2.77. The molecule has 0 saturated carbocycles. The van der Waals surface area contributed by atoms with E-state index in [1.807, 2.05) is 41.8 Å². The lowest BCUT2D eigenvalue weighted by molar-refractivity contribution is 0.628. The van der Waals surface area contributed by atoms with Crippen LogP contribution in [0.5, 0.6) is 0 Å². The largest absolute Gasteiger partial charge is 0.235 e. The summed E-state index contributed by atoms with van der Waals surface area (Å²) in [6, 6.07) is 18.0. The maximum absolute atomic E-state index is 13.0. The number of nitriles is 1. The second-order valence-corrected chi connectivity index (χ2v) is 5.48. The molecular weight excluding hydrogens is 295 g/mol. The van der Waals surface area contributed by atoms with Gasteiger partial charge in [-0.2, -0.15) is 5.26 Å². The van der Waals surface area contributed by atoms with Gasteiger partial charge in [-0.3, -0.25) is 0 Å². The molecule has 0 bridgehead atoms. The minimum atomic E-state index is -0.277. The maximum atomic E-state index is 13.0. The second-order valence-electron chi connectivity index (χ2n) is 4.63. The van der Waals surface area contributed by atoms with Crippen molar-refractivity contribution >= 4 is 23.0 Å². The molecule has 2 nitrogen and oxygen atoms in total. The fourth-order valence-corrected chi connectivity index (χ4v) is 2.80. The molecule has 1 aromatic heterocycles. The standard InChI is InChI=1S/C18H11FN2S/c19-16-8-6-14(7-9-16)17-12-22-18(21-17)15(11-20)10-13-4-2-1-3-5-13/h1-10,12H. The van der Waals surface area contributed by atoms with Crippen molar-refractivity contribution in [2.45, 2.75) is 0 Å². The summed E-state index contributed by atoms with van der Waals surface area (Å²) in [7, 11) is 0. The molecule has 2 aromatic carbocycles. The van der Waals surface area contributed by atoms with Crippen molar-refractivity contribution in [2.75, 3.05) is 0 Å². The summed E-state index contributed by atoms with van der Waals surface area (Å²) in [5, 5.41) is 11.9. The van der Waals surface area contributed by atoms with Crippen LogP contribution in [-0.4, -0.2) is 4.98 Å². The van der Waals surface area contributed by atoms with Gasteiger partial charge in [0.25, 0.3) is 0 Å². The van der Waals surface area contributed by atoms with Crippen LogP contribution in [0.1, 0.15) is 10.6 Å². The van der Waals surface area contributed by atoms with Crippen LogP contribution in [0, 0.1) is 17.1 Å². The average Bonchev–Trinajstić information content (AvgIpc) is 3.04. The second kappa shape index (κ2) is 6.33. The number of hydrogen-bond acceptors (Lipinski definition) is 3. The van der Waals surface area contributed by atoms with E-state index in [1.165, 1.54) is 23.5 Å². The van der Waals surface area contributed by atoms with Crippen molar-refractivity contribution in [3.63, 3.8) is 0 Å².